The average Bonchev–Trinajstić information content (AvgIpc) is 3.44. The molecular weight excluding hydrogens is 498 g/mol. The normalized spacial score (nSPS) is 16.5. The summed E-state index contributed by atoms with van der Waals surface area (Å²) in [6, 6.07) is 15.8. The summed E-state index contributed by atoms with van der Waals surface area (Å²) in [6.07, 6.45) is 1.40. The van der Waals surface area contributed by atoms with E-state index in [1.165, 1.54) is 6.07 Å². The number of nitrogens with one attached hydrogen (secondary N) is 1. The molecule has 1 atom stereocenters. The number of phenolic OH excluding ortho intramolecular Hbond substituents is 2. The second-order valence-corrected chi connectivity index (χ2v) is 10.2. The molecule has 2 aliphatic rings. The van der Waals surface area contributed by atoms with E-state index in [1.54, 1.807) is 23.9 Å². The molecule has 0 bridgehead atoms. The van der Waals surface area contributed by atoms with Crippen LogP contribution >= 0.6 is 0 Å². The molecule has 2 amide bonds. The Balaban J connectivity index is 1.44. The molecule has 1 fully saturated rings. The molecular formula is C30H33N3O6. The number of aromatic hydroxyl groups is 2. The second kappa shape index (κ2) is 11.2. The van der Waals surface area contributed by atoms with Crippen molar-refractivity contribution in [1.82, 2.24) is 9.80 Å². The van der Waals surface area contributed by atoms with E-state index in [2.05, 4.69) is 5.32 Å². The largest absolute Gasteiger partial charge is 0.508 e. The Kier molecular flexibility index (Phi) is 7.60. The van der Waals surface area contributed by atoms with Gasteiger partial charge in [-0.1, -0.05) is 30.3 Å². The summed E-state index contributed by atoms with van der Waals surface area (Å²) >= 11 is 0. The first-order valence-electron chi connectivity index (χ1n) is 13.0. The third-order valence-corrected chi connectivity index (χ3v) is 7.09. The minimum atomic E-state index is -0.398. The van der Waals surface area contributed by atoms with Gasteiger partial charge < -0.3 is 34.8 Å². The average molecular weight is 532 g/mol. The number of anilines is 1. The molecule has 0 aliphatic carbocycles. The van der Waals surface area contributed by atoms with Gasteiger partial charge in [0.15, 0.2) is 0 Å². The Labute approximate surface area is 227 Å². The highest BCUT2D eigenvalue weighted by atomic mass is 16.5. The van der Waals surface area contributed by atoms with Gasteiger partial charge in [-0.25, -0.2) is 0 Å². The number of ether oxygens (including phenoxy) is 2. The van der Waals surface area contributed by atoms with Crippen molar-refractivity contribution in [2.45, 2.75) is 32.0 Å². The van der Waals surface area contributed by atoms with E-state index in [0.717, 1.165) is 34.9 Å². The number of hydrogen-bond donors (Lipinski definition) is 3. The molecule has 9 nitrogen and oxygen atoms in total. The second-order valence-electron chi connectivity index (χ2n) is 10.2. The standard InChI is InChI=1S/C30H33N3O6/c1-32(2)29(36)21-12-20-8-10-33(16-24(20)25(13-21)31-22-9-11-38-18-22)30(37)28-26(35)14-23(34)15-27(28)39-17-19-6-4-3-5-7-19/h3-7,12-15,22,31,34-35H,8-11,16-18H2,1-2H3/t22-/m0/s1. The van der Waals surface area contributed by atoms with Crippen LogP contribution in [-0.4, -0.2) is 71.7 Å². The number of rotatable bonds is 7. The molecule has 0 saturated carbocycles. The van der Waals surface area contributed by atoms with Gasteiger partial charge in [-0.3, -0.25) is 9.59 Å². The number of carbonyl (C=O) groups excluding carboxylic acids is 2. The quantitative estimate of drug-likeness (QED) is 0.426. The first kappa shape index (κ1) is 26.4. The van der Waals surface area contributed by atoms with Gasteiger partial charge >= 0.3 is 0 Å². The smallest absolute Gasteiger partial charge is 0.261 e. The molecule has 5 rings (SSSR count). The number of amides is 2. The monoisotopic (exact) mass is 531 g/mol. The van der Waals surface area contributed by atoms with Crippen molar-refractivity contribution in [2.75, 3.05) is 39.2 Å². The maximum atomic E-state index is 13.8. The van der Waals surface area contributed by atoms with Gasteiger partial charge in [0, 0.05) is 57.2 Å². The van der Waals surface area contributed by atoms with Gasteiger partial charge in [-0.2, -0.15) is 0 Å². The molecule has 3 aromatic rings. The van der Waals surface area contributed by atoms with E-state index in [1.807, 2.05) is 42.5 Å². The van der Waals surface area contributed by atoms with Crippen molar-refractivity contribution in [3.63, 3.8) is 0 Å². The van der Waals surface area contributed by atoms with Crippen molar-refractivity contribution in [3.8, 4) is 17.2 Å². The molecule has 3 N–H and O–H groups in total. The fourth-order valence-corrected chi connectivity index (χ4v) is 5.03. The maximum absolute atomic E-state index is 13.8. The summed E-state index contributed by atoms with van der Waals surface area (Å²) < 4.78 is 11.4. The van der Waals surface area contributed by atoms with E-state index in [9.17, 15) is 19.8 Å². The van der Waals surface area contributed by atoms with E-state index in [0.29, 0.717) is 38.3 Å². The van der Waals surface area contributed by atoms with Gasteiger partial charge in [0.25, 0.3) is 11.8 Å². The Morgan fingerprint density at radius 2 is 1.92 bits per heavy atom. The number of hydrogen-bond acceptors (Lipinski definition) is 7. The summed E-state index contributed by atoms with van der Waals surface area (Å²) in [5.41, 5.74) is 4.23. The van der Waals surface area contributed by atoms with Gasteiger partial charge in [-0.05, 0) is 41.7 Å². The van der Waals surface area contributed by atoms with Crippen molar-refractivity contribution in [1.29, 1.82) is 0 Å². The molecule has 0 radical (unpaired) electrons. The highest BCUT2D eigenvalue weighted by Gasteiger charge is 2.30. The highest BCUT2D eigenvalue weighted by Crippen LogP contribution is 2.37. The molecule has 0 spiro atoms. The van der Waals surface area contributed by atoms with Gasteiger partial charge in [0.05, 0.1) is 12.6 Å². The number of fused-ring (bicyclic) bond motifs is 1. The number of nitrogens with zero attached hydrogens (tertiary/aromatic N) is 2. The Morgan fingerprint density at radius 1 is 1.13 bits per heavy atom. The van der Waals surface area contributed by atoms with Crippen LogP contribution < -0.4 is 10.1 Å². The maximum Gasteiger partial charge on any atom is 0.261 e. The number of benzene rings is 3. The van der Waals surface area contributed by atoms with E-state index in [4.69, 9.17) is 9.47 Å². The van der Waals surface area contributed by atoms with Crippen LogP contribution in [0.4, 0.5) is 5.69 Å². The molecule has 3 aromatic carbocycles. The van der Waals surface area contributed by atoms with Crippen LogP contribution in [0.25, 0.3) is 0 Å². The molecule has 204 valence electrons. The lowest BCUT2D eigenvalue weighted by Gasteiger charge is -2.32. The first-order valence-corrected chi connectivity index (χ1v) is 13.0. The van der Waals surface area contributed by atoms with Crippen LogP contribution in [0.2, 0.25) is 0 Å². The van der Waals surface area contributed by atoms with Gasteiger partial charge in [0.1, 0.15) is 29.4 Å². The third-order valence-electron chi connectivity index (χ3n) is 7.09. The van der Waals surface area contributed by atoms with Gasteiger partial charge in [0.2, 0.25) is 0 Å². The summed E-state index contributed by atoms with van der Waals surface area (Å²) in [5.74, 6) is -0.914. The summed E-state index contributed by atoms with van der Waals surface area (Å²) in [5, 5.41) is 24.3. The zero-order valence-electron chi connectivity index (χ0n) is 22.1. The number of carbonyl (C=O) groups is 2. The van der Waals surface area contributed by atoms with Crippen LogP contribution in [0.5, 0.6) is 17.2 Å². The zero-order chi connectivity index (χ0) is 27.5. The lowest BCUT2D eigenvalue weighted by Crippen LogP contribution is -2.37. The Bertz CT molecular complexity index is 1370. The van der Waals surface area contributed by atoms with Crippen molar-refractivity contribution in [3.05, 3.63) is 82.4 Å². The predicted octanol–water partition coefficient (Wildman–Crippen LogP) is 3.78. The molecule has 2 aliphatic heterocycles. The molecule has 0 unspecified atom stereocenters. The van der Waals surface area contributed by atoms with Gasteiger partial charge in [-0.15, -0.1) is 0 Å². The minimum Gasteiger partial charge on any atom is -0.508 e. The molecule has 39 heavy (non-hydrogen) atoms. The van der Waals surface area contributed by atoms with Crippen LogP contribution in [-0.2, 0) is 24.3 Å². The summed E-state index contributed by atoms with van der Waals surface area (Å²) in [7, 11) is 3.45. The molecule has 9 heteroatoms. The first-order chi connectivity index (χ1) is 18.8. The topological polar surface area (TPSA) is 112 Å². The SMILES string of the molecule is CN(C)C(=O)c1cc2c(c(N[C@H]3CCOC3)c1)CN(C(=O)c1c(O)cc(O)cc1OCc1ccccc1)CC2. The summed E-state index contributed by atoms with van der Waals surface area (Å²) in [6.45, 7) is 2.11. The fourth-order valence-electron chi connectivity index (χ4n) is 5.03. The lowest BCUT2D eigenvalue weighted by molar-refractivity contribution is 0.0725. The van der Waals surface area contributed by atoms with E-state index in [-0.39, 0.29) is 41.4 Å². The Hall–Kier alpha value is -4.24. The van der Waals surface area contributed by atoms with E-state index < -0.39 is 5.91 Å². The van der Waals surface area contributed by atoms with Crippen molar-refractivity contribution >= 4 is 17.5 Å². The fraction of sp³-hybridized carbons (Fsp3) is 0.333. The molecule has 1 saturated heterocycles. The van der Waals surface area contributed by atoms with Crippen LogP contribution in [0, 0.1) is 0 Å². The lowest BCUT2D eigenvalue weighted by atomic mass is 9.93. The van der Waals surface area contributed by atoms with E-state index >= 15 is 0 Å². The predicted molar refractivity (Wildman–Crippen MR) is 146 cm³/mol. The minimum absolute atomic E-state index is 0.00490. The van der Waals surface area contributed by atoms with Crippen LogP contribution in [0.15, 0.2) is 54.6 Å². The van der Waals surface area contributed by atoms with Crippen LogP contribution in [0.3, 0.4) is 0 Å². The third kappa shape index (κ3) is 5.78. The summed E-state index contributed by atoms with van der Waals surface area (Å²) in [4.78, 5) is 29.8. The van der Waals surface area contributed by atoms with Crippen molar-refractivity contribution < 1.29 is 29.3 Å². The van der Waals surface area contributed by atoms with Crippen LogP contribution in [0.1, 0.15) is 43.8 Å². The number of phenols is 2. The van der Waals surface area contributed by atoms with Crippen molar-refractivity contribution in [2.24, 2.45) is 0 Å². The Morgan fingerprint density at radius 3 is 2.64 bits per heavy atom. The highest BCUT2D eigenvalue weighted by molar-refractivity contribution is 6.00. The molecule has 0 aromatic heterocycles. The zero-order valence-corrected chi connectivity index (χ0v) is 22.1. The molecule has 2 heterocycles.